The third-order valence-corrected chi connectivity index (χ3v) is 29.7. The Morgan fingerprint density at radius 3 is 1.60 bits per heavy atom. The van der Waals surface area contributed by atoms with Crippen LogP contribution in [-0.2, 0) is 37.7 Å². The molecule has 4 heterocycles. The maximum atomic E-state index is 15.4. The second-order valence-corrected chi connectivity index (χ2v) is 35.8. The predicted octanol–water partition coefficient (Wildman–Crippen LogP) is 8.97. The van der Waals surface area contributed by atoms with E-state index >= 15 is 9.13 Å². The maximum absolute atomic E-state index is 15.4. The minimum absolute atomic E-state index is 0.0576. The first-order valence-corrected chi connectivity index (χ1v) is 43.7. The van der Waals surface area contributed by atoms with E-state index in [4.69, 9.17) is 18.9 Å². The van der Waals surface area contributed by atoms with Crippen molar-refractivity contribution in [3.63, 3.8) is 0 Å². The van der Waals surface area contributed by atoms with Crippen LogP contribution in [0.5, 0.6) is 0 Å². The topological polar surface area (TPSA) is 294 Å². The fourth-order valence-corrected chi connectivity index (χ4v) is 23.1. The number of urea groups is 2. The van der Waals surface area contributed by atoms with Crippen molar-refractivity contribution in [1.29, 1.82) is 0 Å². The van der Waals surface area contributed by atoms with E-state index < -0.39 is 14.3 Å². The molecule has 6 aromatic carbocycles. The molecule has 0 unspecified atom stereocenters. The third kappa shape index (κ3) is 23.4. The van der Waals surface area contributed by atoms with Crippen LogP contribution in [0, 0.1) is 0 Å². The number of aliphatic imine (C=N–C) groups is 1. The molecule has 6 atom stereocenters. The number of thioether (sulfide) groups is 2. The molecule has 582 valence electrons. The number of rotatable bonds is 44. The molecular formula is C82H110N10O12P2S2. The van der Waals surface area contributed by atoms with Gasteiger partial charge in [-0.3, -0.25) is 24.2 Å². The highest BCUT2D eigenvalue weighted by Gasteiger charge is 2.60. The van der Waals surface area contributed by atoms with Crippen molar-refractivity contribution in [3.8, 4) is 0 Å². The van der Waals surface area contributed by atoms with Gasteiger partial charge >= 0.3 is 12.1 Å². The summed E-state index contributed by atoms with van der Waals surface area (Å²) in [5, 5.41) is 31.7. The number of amides is 8. The van der Waals surface area contributed by atoms with Crippen LogP contribution >= 0.6 is 37.8 Å². The highest BCUT2D eigenvalue weighted by Crippen LogP contribution is 2.48. The molecule has 4 saturated heterocycles. The van der Waals surface area contributed by atoms with Crippen molar-refractivity contribution in [2.45, 2.75) is 144 Å². The number of fused-ring (bicyclic) bond motifs is 2. The van der Waals surface area contributed by atoms with Gasteiger partial charge in [0.1, 0.15) is 0 Å². The molecule has 0 aromatic heterocycles. The number of nitrogens with zero attached hydrogens (tertiary/aromatic N) is 1. The summed E-state index contributed by atoms with van der Waals surface area (Å²) in [6, 6.07) is 50.3. The number of benzene rings is 6. The Kier molecular flexibility index (Phi) is 34.0. The third-order valence-electron chi connectivity index (χ3n) is 20.1. The first-order chi connectivity index (χ1) is 52.5. The van der Waals surface area contributed by atoms with Gasteiger partial charge in [-0.15, -0.1) is 0 Å². The molecule has 0 aliphatic carbocycles. The molecule has 4 aliphatic heterocycles. The van der Waals surface area contributed by atoms with Crippen LogP contribution in [0.1, 0.15) is 136 Å². The van der Waals surface area contributed by atoms with Gasteiger partial charge in [-0.05, 0) is 122 Å². The average Bonchev–Trinajstić information content (AvgIpc) is 1.62. The molecule has 4 fully saturated rings. The van der Waals surface area contributed by atoms with Crippen molar-refractivity contribution in [2.75, 3.05) is 105 Å². The summed E-state index contributed by atoms with van der Waals surface area (Å²) in [6.45, 7) is 10.3. The van der Waals surface area contributed by atoms with Crippen molar-refractivity contribution < 1.29 is 56.8 Å². The van der Waals surface area contributed by atoms with Crippen LogP contribution < -0.4 is 79.7 Å². The summed E-state index contributed by atoms with van der Waals surface area (Å²) in [6.07, 6.45) is 12.2. The Morgan fingerprint density at radius 1 is 0.500 bits per heavy atom. The second-order valence-electron chi connectivity index (χ2n) is 27.8. The summed E-state index contributed by atoms with van der Waals surface area (Å²) in [4.78, 5) is 79.5. The molecule has 10 rings (SSSR count). The molecule has 22 nitrogen and oxygen atoms in total. The number of nitrogens with one attached hydrogen (secondary N) is 9. The van der Waals surface area contributed by atoms with E-state index in [-0.39, 0.29) is 64.4 Å². The van der Waals surface area contributed by atoms with Gasteiger partial charge in [-0.2, -0.15) is 23.5 Å². The first kappa shape index (κ1) is 84.2. The van der Waals surface area contributed by atoms with Crippen molar-refractivity contribution in [1.82, 2.24) is 47.9 Å². The van der Waals surface area contributed by atoms with Crippen molar-refractivity contribution in [3.05, 3.63) is 180 Å². The zero-order valence-electron chi connectivity index (χ0n) is 63.0. The normalized spacial score (nSPS) is 19.3. The zero-order valence-corrected chi connectivity index (χ0v) is 66.4. The van der Waals surface area contributed by atoms with Gasteiger partial charge in [0.2, 0.25) is 17.7 Å². The highest BCUT2D eigenvalue weighted by molar-refractivity contribution is 8.00. The van der Waals surface area contributed by atoms with Gasteiger partial charge in [0.05, 0.1) is 61.8 Å². The second kappa shape index (κ2) is 43.6. The summed E-state index contributed by atoms with van der Waals surface area (Å²) in [5.74, 6) is 1.81. The standard InChI is InChI=1S/C45H63N6O8PS.C37H47N4O4PS/c1-46-22-10-11-23-49-44(54)37-21-20-34(32-39(37)60(56,35-14-4-2-5-15-35)36-16-6-3-7-17-36)43(53)48-25-13-27-58-29-31-59-30-28-57-26-12-24-47-41(52)19-9-8-18-40-42-38(33-61-40)50-45(55)51-42;1-36-27-47-32(37(36,2)41-35(43)40-36)23-13-14-24-33(42)39-25-15-6-16-26-45-34(38-3)30-21-11-12-22-31(30)46(44,28-17-7-4-8-18-28)29-19-9-5-10-20-29/h2-7,14-17,20-21,32,38,40,42,46H,8-13,18-19,22-31,33H2,1H3,(H,47,52)(H,48,53)(H,49,54)(H2,50,51,55);4-5,7-12,17-22,32H,6,13-16,23-27H2,1-3H3,(H,39,42)(H2,40,41,43)/t38-,40-,42-;32-,36-,37+/m00/s1. The molecule has 0 radical (unpaired) electrons. The minimum Gasteiger partial charge on any atom is -0.477 e. The smallest absolute Gasteiger partial charge is 0.315 e. The van der Waals surface area contributed by atoms with E-state index in [0.717, 1.165) is 111 Å². The van der Waals surface area contributed by atoms with Crippen LogP contribution in [-0.4, -0.2) is 180 Å². The van der Waals surface area contributed by atoms with E-state index in [0.29, 0.717) is 135 Å². The minimum atomic E-state index is -3.57. The van der Waals surface area contributed by atoms with Crippen LogP contribution in [0.2, 0.25) is 0 Å². The van der Waals surface area contributed by atoms with Crippen LogP contribution in [0.25, 0.3) is 0 Å². The Hall–Kier alpha value is -7.79. The molecule has 26 heteroatoms. The predicted molar refractivity (Wildman–Crippen MR) is 437 cm³/mol. The lowest BCUT2D eigenvalue weighted by Gasteiger charge is -2.35. The molecule has 0 spiro atoms. The fraction of sp³-hybridized carbons (Fsp3) is 0.476. The van der Waals surface area contributed by atoms with Gasteiger partial charge in [-0.25, -0.2) is 9.59 Å². The first-order valence-electron chi connectivity index (χ1n) is 38.2. The number of hydrogen-bond acceptors (Lipinski definition) is 16. The molecule has 0 saturated carbocycles. The molecular weight excluding hydrogens is 1440 g/mol. The number of carbonyl (C=O) groups is 6. The van der Waals surface area contributed by atoms with Crippen LogP contribution in [0.15, 0.2) is 169 Å². The van der Waals surface area contributed by atoms with E-state index in [9.17, 15) is 28.8 Å². The molecule has 108 heavy (non-hydrogen) atoms. The van der Waals surface area contributed by atoms with E-state index in [1.807, 2.05) is 152 Å². The Labute approximate surface area is 646 Å². The van der Waals surface area contributed by atoms with Gasteiger partial charge in [-0.1, -0.05) is 152 Å². The molecule has 8 amide bonds. The Balaban J connectivity index is 0.000000257. The average molecular weight is 1550 g/mol. The molecule has 0 bridgehead atoms. The van der Waals surface area contributed by atoms with Gasteiger partial charge in [0.15, 0.2) is 14.3 Å². The Bertz CT molecular complexity index is 3900. The quantitative estimate of drug-likeness (QED) is 0.00567. The molecule has 9 N–H and O–H groups in total. The number of carbonyl (C=O) groups excluding carboxylic acids is 6. The van der Waals surface area contributed by atoms with Crippen LogP contribution in [0.3, 0.4) is 0 Å². The zero-order chi connectivity index (χ0) is 76.5. The largest absolute Gasteiger partial charge is 0.477 e. The fourth-order valence-electron chi connectivity index (χ4n) is 13.9. The molecule has 6 aromatic rings. The lowest BCUT2D eigenvalue weighted by Crippen LogP contribution is -2.58. The lowest BCUT2D eigenvalue weighted by molar-refractivity contribution is -0.122. The van der Waals surface area contributed by atoms with Gasteiger partial charge in [0, 0.05) is 124 Å². The lowest BCUT2D eigenvalue weighted by atomic mass is 9.79. The van der Waals surface area contributed by atoms with Gasteiger partial charge in [0.25, 0.3) is 11.8 Å². The monoisotopic (exact) mass is 1550 g/mol. The Morgan fingerprint density at radius 2 is 1.01 bits per heavy atom. The highest BCUT2D eigenvalue weighted by atomic mass is 32.2. The summed E-state index contributed by atoms with van der Waals surface area (Å²) >= 11 is 3.81. The number of hydrogen-bond donors (Lipinski definition) is 9. The molecule has 4 aliphatic rings. The van der Waals surface area contributed by atoms with Crippen LogP contribution in [0.4, 0.5) is 9.59 Å². The van der Waals surface area contributed by atoms with Crippen molar-refractivity contribution in [2.24, 2.45) is 4.99 Å². The number of unbranched alkanes of at least 4 members (excludes halogenated alkanes) is 5. The maximum Gasteiger partial charge on any atom is 0.315 e. The summed E-state index contributed by atoms with van der Waals surface area (Å²) < 4.78 is 53.5. The van der Waals surface area contributed by atoms with E-state index in [2.05, 4.69) is 66.7 Å². The summed E-state index contributed by atoms with van der Waals surface area (Å²) in [5.41, 5.74) is 0.859. The SMILES string of the molecule is CN=C(OCCCCCNC(=O)CCCC[C@@H]1SC[C@]2(C)NC(=O)N[C@]12C)c1ccccc1P(=O)(c1ccccc1)c1ccccc1.CNCCCCNC(=O)c1ccc(C(=O)NCCCOCCOCCOCCCNC(=O)CCCC[C@@H]2SC[C@@H]3NC(=O)N[C@@H]32)cc1P(=O)(c1ccccc1)c1ccccc1. The van der Waals surface area contributed by atoms with Crippen molar-refractivity contribution >= 4 is 111 Å². The van der Waals surface area contributed by atoms with E-state index in [1.165, 1.54) is 0 Å². The summed E-state index contributed by atoms with van der Waals surface area (Å²) in [7, 11) is -3.18. The number of ether oxygens (including phenoxy) is 4. The van der Waals surface area contributed by atoms with Gasteiger partial charge < -0.3 is 75.9 Å². The van der Waals surface area contributed by atoms with E-state index in [1.54, 1.807) is 49.5 Å².